The highest BCUT2D eigenvalue weighted by Gasteiger charge is 2.22. The second-order valence-corrected chi connectivity index (χ2v) is 5.68. The molecule has 0 spiro atoms. The predicted octanol–water partition coefficient (Wildman–Crippen LogP) is 3.43. The van der Waals surface area contributed by atoms with Gasteiger partial charge in [0.2, 0.25) is 0 Å². The van der Waals surface area contributed by atoms with Crippen molar-refractivity contribution in [2.24, 2.45) is 0 Å². The molecule has 0 aliphatic carbocycles. The first-order valence-corrected chi connectivity index (χ1v) is 6.15. The summed E-state index contributed by atoms with van der Waals surface area (Å²) in [5, 5.41) is 4.48. The van der Waals surface area contributed by atoms with E-state index in [9.17, 15) is 9.18 Å². The molecule has 19 heavy (non-hydrogen) atoms. The van der Waals surface area contributed by atoms with Crippen molar-refractivity contribution in [3.05, 3.63) is 47.0 Å². The van der Waals surface area contributed by atoms with E-state index in [1.165, 1.54) is 12.1 Å². The first-order valence-electron chi connectivity index (χ1n) is 6.15. The van der Waals surface area contributed by atoms with Crippen LogP contribution in [0, 0.1) is 12.7 Å². The Bertz CT molecular complexity index is 624. The fraction of sp³-hybridized carbons (Fsp3) is 0.333. The molecule has 0 bridgehead atoms. The van der Waals surface area contributed by atoms with Crippen LogP contribution in [0.4, 0.5) is 4.39 Å². The van der Waals surface area contributed by atoms with Gasteiger partial charge in [0, 0.05) is 11.6 Å². The van der Waals surface area contributed by atoms with Crippen LogP contribution in [0.2, 0.25) is 0 Å². The Morgan fingerprint density at radius 1 is 1.32 bits per heavy atom. The van der Waals surface area contributed by atoms with E-state index >= 15 is 0 Å². The van der Waals surface area contributed by atoms with Crippen molar-refractivity contribution in [2.75, 3.05) is 0 Å². The highest BCUT2D eigenvalue weighted by molar-refractivity contribution is 5.77. The molecule has 1 heterocycles. The summed E-state index contributed by atoms with van der Waals surface area (Å²) in [5.74, 6) is -0.278. The zero-order valence-electron chi connectivity index (χ0n) is 11.6. The van der Waals surface area contributed by atoms with E-state index in [1.54, 1.807) is 16.9 Å². The topological polar surface area (TPSA) is 34.9 Å². The molecule has 0 atom stereocenters. The molecule has 0 aliphatic heterocycles. The van der Waals surface area contributed by atoms with E-state index in [0.29, 0.717) is 5.56 Å². The van der Waals surface area contributed by atoms with Gasteiger partial charge in [-0.3, -0.25) is 4.79 Å². The first-order chi connectivity index (χ1) is 8.82. The lowest BCUT2D eigenvalue weighted by molar-refractivity contribution is 0.112. The van der Waals surface area contributed by atoms with Crippen molar-refractivity contribution in [1.29, 1.82) is 0 Å². The van der Waals surface area contributed by atoms with Crippen LogP contribution in [0.5, 0.6) is 0 Å². The summed E-state index contributed by atoms with van der Waals surface area (Å²) in [6.07, 6.45) is 2.50. The smallest absolute Gasteiger partial charge is 0.153 e. The molecule has 1 aromatic heterocycles. The fourth-order valence-electron chi connectivity index (χ4n) is 2.06. The molecule has 1 aromatic carbocycles. The van der Waals surface area contributed by atoms with Gasteiger partial charge in [-0.1, -0.05) is 20.8 Å². The summed E-state index contributed by atoms with van der Waals surface area (Å²) < 4.78 is 14.8. The molecular formula is C15H17FN2O. The van der Waals surface area contributed by atoms with Gasteiger partial charge in [-0.05, 0) is 30.7 Å². The third kappa shape index (κ3) is 2.57. The van der Waals surface area contributed by atoms with E-state index in [0.717, 1.165) is 23.2 Å². The highest BCUT2D eigenvalue weighted by atomic mass is 19.1. The zero-order chi connectivity index (χ0) is 14.2. The highest BCUT2D eigenvalue weighted by Crippen LogP contribution is 2.25. The van der Waals surface area contributed by atoms with Crippen molar-refractivity contribution >= 4 is 6.29 Å². The van der Waals surface area contributed by atoms with Gasteiger partial charge in [-0.2, -0.15) is 5.10 Å². The molecule has 3 nitrogen and oxygen atoms in total. The number of carbonyl (C=O) groups is 1. The third-order valence-electron chi connectivity index (χ3n) is 2.99. The summed E-state index contributed by atoms with van der Waals surface area (Å²) in [7, 11) is 0. The Hall–Kier alpha value is -1.97. The Morgan fingerprint density at radius 3 is 2.47 bits per heavy atom. The maximum absolute atomic E-state index is 13.1. The van der Waals surface area contributed by atoms with Crippen molar-refractivity contribution < 1.29 is 9.18 Å². The zero-order valence-corrected chi connectivity index (χ0v) is 11.6. The van der Waals surface area contributed by atoms with Crippen LogP contribution in [-0.4, -0.2) is 16.1 Å². The molecule has 100 valence electrons. The Labute approximate surface area is 112 Å². The minimum absolute atomic E-state index is 0.213. The van der Waals surface area contributed by atoms with Gasteiger partial charge < -0.3 is 0 Å². The Balaban J connectivity index is 2.58. The van der Waals surface area contributed by atoms with Crippen molar-refractivity contribution in [3.8, 4) is 5.69 Å². The van der Waals surface area contributed by atoms with Crippen LogP contribution >= 0.6 is 0 Å². The van der Waals surface area contributed by atoms with Crippen LogP contribution in [0.1, 0.15) is 42.4 Å². The molecule has 2 rings (SSSR count). The van der Waals surface area contributed by atoms with Crippen LogP contribution in [0.15, 0.2) is 24.4 Å². The first kappa shape index (κ1) is 13.5. The van der Waals surface area contributed by atoms with Gasteiger partial charge in [0.1, 0.15) is 5.82 Å². The SMILES string of the molecule is Cc1cc(F)ccc1-n1cc(C=O)c(C(C)(C)C)n1. The van der Waals surface area contributed by atoms with Gasteiger partial charge in [0.15, 0.2) is 6.29 Å². The standard InChI is InChI=1S/C15H17FN2O/c1-10-7-12(16)5-6-13(10)18-8-11(9-19)14(17-18)15(2,3)4/h5-9H,1-4H3. The average molecular weight is 260 g/mol. The fourth-order valence-corrected chi connectivity index (χ4v) is 2.06. The summed E-state index contributed by atoms with van der Waals surface area (Å²) in [6, 6.07) is 4.51. The van der Waals surface area contributed by atoms with Gasteiger partial charge in [-0.25, -0.2) is 9.07 Å². The molecule has 0 saturated carbocycles. The molecule has 0 amide bonds. The van der Waals surface area contributed by atoms with Crippen molar-refractivity contribution in [1.82, 2.24) is 9.78 Å². The van der Waals surface area contributed by atoms with Gasteiger partial charge in [0.05, 0.1) is 16.9 Å². The minimum Gasteiger partial charge on any atom is -0.298 e. The monoisotopic (exact) mass is 260 g/mol. The van der Waals surface area contributed by atoms with E-state index in [1.807, 2.05) is 27.7 Å². The lowest BCUT2D eigenvalue weighted by Crippen LogP contribution is -2.14. The maximum Gasteiger partial charge on any atom is 0.153 e. The lowest BCUT2D eigenvalue weighted by Gasteiger charge is -2.15. The van der Waals surface area contributed by atoms with Gasteiger partial charge in [0.25, 0.3) is 0 Å². The molecule has 0 aliphatic rings. The van der Waals surface area contributed by atoms with Crippen molar-refractivity contribution in [2.45, 2.75) is 33.1 Å². The van der Waals surface area contributed by atoms with Gasteiger partial charge >= 0.3 is 0 Å². The number of hydrogen-bond acceptors (Lipinski definition) is 2. The van der Waals surface area contributed by atoms with Crippen LogP contribution in [0.25, 0.3) is 5.69 Å². The number of halogens is 1. The minimum atomic E-state index is -0.278. The number of rotatable bonds is 2. The number of aryl methyl sites for hydroxylation is 1. The Kier molecular flexibility index (Phi) is 3.27. The quantitative estimate of drug-likeness (QED) is 0.775. The lowest BCUT2D eigenvalue weighted by atomic mass is 9.90. The van der Waals surface area contributed by atoms with Gasteiger partial charge in [-0.15, -0.1) is 0 Å². The maximum atomic E-state index is 13.1. The van der Waals surface area contributed by atoms with Crippen LogP contribution in [-0.2, 0) is 5.41 Å². The molecule has 4 heteroatoms. The second-order valence-electron chi connectivity index (χ2n) is 5.68. The van der Waals surface area contributed by atoms with E-state index in [2.05, 4.69) is 5.10 Å². The molecule has 0 radical (unpaired) electrons. The predicted molar refractivity (Wildman–Crippen MR) is 72.3 cm³/mol. The second kappa shape index (κ2) is 4.61. The van der Waals surface area contributed by atoms with Crippen LogP contribution < -0.4 is 0 Å². The molecule has 0 saturated heterocycles. The number of carbonyl (C=O) groups excluding carboxylic acids is 1. The molecule has 0 fully saturated rings. The number of aldehydes is 1. The van der Waals surface area contributed by atoms with E-state index < -0.39 is 0 Å². The normalized spacial score (nSPS) is 11.6. The van der Waals surface area contributed by atoms with Crippen LogP contribution in [0.3, 0.4) is 0 Å². The number of hydrogen-bond donors (Lipinski definition) is 0. The number of nitrogens with zero attached hydrogens (tertiary/aromatic N) is 2. The van der Waals surface area contributed by atoms with E-state index in [-0.39, 0.29) is 11.2 Å². The summed E-state index contributed by atoms with van der Waals surface area (Å²) >= 11 is 0. The Morgan fingerprint density at radius 2 is 2.00 bits per heavy atom. The average Bonchev–Trinajstić information content (AvgIpc) is 2.72. The molecule has 2 aromatic rings. The van der Waals surface area contributed by atoms with Crippen molar-refractivity contribution in [3.63, 3.8) is 0 Å². The summed E-state index contributed by atoms with van der Waals surface area (Å²) in [4.78, 5) is 11.1. The number of benzene rings is 1. The molecule has 0 N–H and O–H groups in total. The third-order valence-corrected chi connectivity index (χ3v) is 2.99. The van der Waals surface area contributed by atoms with E-state index in [4.69, 9.17) is 0 Å². The molecule has 0 unspecified atom stereocenters. The summed E-state index contributed by atoms with van der Waals surface area (Å²) in [5.41, 5.74) is 2.65. The summed E-state index contributed by atoms with van der Waals surface area (Å²) in [6.45, 7) is 7.83. The molecular weight excluding hydrogens is 243 g/mol. The number of aromatic nitrogens is 2. The largest absolute Gasteiger partial charge is 0.298 e.